The predicted octanol–water partition coefficient (Wildman–Crippen LogP) is 2.08. The minimum Gasteiger partial charge on any atom is -0.440 e. The average molecular weight is 300 g/mol. The number of nitrogens with zero attached hydrogens (tertiary/aromatic N) is 1. The fourth-order valence-corrected chi connectivity index (χ4v) is 3.64. The van der Waals surface area contributed by atoms with Gasteiger partial charge in [-0.15, -0.1) is 0 Å². The molecule has 1 saturated carbocycles. The molecule has 1 aromatic heterocycles. The number of ether oxygens (including phenoxy) is 1. The Hall–Kier alpha value is -1.04. The van der Waals surface area contributed by atoms with Crippen molar-refractivity contribution in [1.82, 2.24) is 4.90 Å². The summed E-state index contributed by atoms with van der Waals surface area (Å²) >= 11 is 5.72. The number of amides is 1. The van der Waals surface area contributed by atoms with Gasteiger partial charge in [0.25, 0.3) is 5.91 Å². The maximum Gasteiger partial charge on any atom is 0.289 e. The highest BCUT2D eigenvalue weighted by atomic mass is 35.5. The number of fused-ring (bicyclic) bond motifs is 1. The first kappa shape index (κ1) is 13.9. The van der Waals surface area contributed by atoms with Crippen LogP contribution in [0.5, 0.6) is 0 Å². The molecule has 1 amide bonds. The number of carbonyl (C=O) groups excluding carboxylic acids is 1. The molecule has 1 saturated heterocycles. The van der Waals surface area contributed by atoms with E-state index in [0.29, 0.717) is 13.0 Å². The Kier molecular flexibility index (Phi) is 3.52. The Morgan fingerprint density at radius 1 is 1.55 bits per heavy atom. The summed E-state index contributed by atoms with van der Waals surface area (Å²) < 4.78 is 10.9. The van der Waals surface area contributed by atoms with Crippen LogP contribution >= 0.6 is 11.6 Å². The third-order valence-corrected chi connectivity index (χ3v) is 4.81. The third kappa shape index (κ3) is 2.14. The van der Waals surface area contributed by atoms with Crippen LogP contribution in [0.2, 0.25) is 5.22 Å². The summed E-state index contributed by atoms with van der Waals surface area (Å²) in [5.74, 6) is 0.0527. The molecule has 1 aliphatic carbocycles. The molecule has 6 heteroatoms. The molecule has 2 heterocycles. The Bertz CT molecular complexity index is 517. The van der Waals surface area contributed by atoms with E-state index in [1.54, 1.807) is 24.1 Å². The number of hydrogen-bond acceptors (Lipinski definition) is 4. The van der Waals surface area contributed by atoms with Gasteiger partial charge >= 0.3 is 0 Å². The van der Waals surface area contributed by atoms with E-state index in [9.17, 15) is 9.90 Å². The lowest BCUT2D eigenvalue weighted by atomic mass is 9.79. The van der Waals surface area contributed by atoms with Crippen molar-refractivity contribution in [3.8, 4) is 0 Å². The normalized spacial score (nSPS) is 33.2. The smallest absolute Gasteiger partial charge is 0.289 e. The van der Waals surface area contributed by atoms with Crippen molar-refractivity contribution in [3.63, 3.8) is 0 Å². The first-order chi connectivity index (χ1) is 9.55. The van der Waals surface area contributed by atoms with Crippen molar-refractivity contribution in [2.24, 2.45) is 0 Å². The monoisotopic (exact) mass is 299 g/mol. The number of aliphatic hydroxyl groups excluding tert-OH is 1. The number of carbonyl (C=O) groups is 1. The summed E-state index contributed by atoms with van der Waals surface area (Å²) in [4.78, 5) is 14.3. The molecule has 0 bridgehead atoms. The van der Waals surface area contributed by atoms with Crippen molar-refractivity contribution >= 4 is 17.5 Å². The first-order valence-corrected chi connectivity index (χ1v) is 7.23. The number of aliphatic hydroxyl groups is 1. The van der Waals surface area contributed by atoms with Gasteiger partial charge in [0.1, 0.15) is 0 Å². The van der Waals surface area contributed by atoms with Crippen LogP contribution in [-0.4, -0.2) is 47.3 Å². The molecule has 0 radical (unpaired) electrons. The van der Waals surface area contributed by atoms with E-state index in [-0.39, 0.29) is 34.6 Å². The number of likely N-dealkylation sites (tertiary alicyclic amines) is 1. The third-order valence-electron chi connectivity index (χ3n) is 4.61. The molecule has 0 unspecified atom stereocenters. The molecule has 2 fully saturated rings. The molecule has 110 valence electrons. The average Bonchev–Trinajstić information content (AvgIpc) is 3.02. The van der Waals surface area contributed by atoms with E-state index in [4.69, 9.17) is 20.8 Å². The van der Waals surface area contributed by atoms with Crippen molar-refractivity contribution in [2.45, 2.75) is 43.4 Å². The Balaban J connectivity index is 1.85. The van der Waals surface area contributed by atoms with Gasteiger partial charge in [0.2, 0.25) is 0 Å². The summed E-state index contributed by atoms with van der Waals surface area (Å²) in [6, 6.07) is 3.04. The van der Waals surface area contributed by atoms with Crippen molar-refractivity contribution in [2.75, 3.05) is 13.7 Å². The molecule has 1 N–H and O–H groups in total. The summed E-state index contributed by atoms with van der Waals surface area (Å²) in [5, 5.41) is 10.1. The van der Waals surface area contributed by atoms with Crippen LogP contribution < -0.4 is 0 Å². The van der Waals surface area contributed by atoms with E-state index in [1.165, 1.54) is 0 Å². The SMILES string of the molecule is CO[C@@]12CC[C@@H](O)C[C@@H]1N(C(=O)c1ccc(Cl)o1)CC2. The van der Waals surface area contributed by atoms with Crippen LogP contribution in [-0.2, 0) is 4.74 Å². The maximum atomic E-state index is 12.5. The van der Waals surface area contributed by atoms with Gasteiger partial charge in [0, 0.05) is 13.7 Å². The van der Waals surface area contributed by atoms with E-state index in [1.807, 2.05) is 0 Å². The highest BCUT2D eigenvalue weighted by Gasteiger charge is 2.52. The van der Waals surface area contributed by atoms with Crippen LogP contribution in [0, 0.1) is 0 Å². The van der Waals surface area contributed by atoms with Gasteiger partial charge in [0.15, 0.2) is 11.0 Å². The van der Waals surface area contributed by atoms with Crippen LogP contribution in [0.15, 0.2) is 16.5 Å². The highest BCUT2D eigenvalue weighted by molar-refractivity contribution is 6.29. The van der Waals surface area contributed by atoms with E-state index in [2.05, 4.69) is 0 Å². The minimum absolute atomic E-state index is 0.104. The Morgan fingerprint density at radius 3 is 3.00 bits per heavy atom. The number of hydrogen-bond donors (Lipinski definition) is 1. The lowest BCUT2D eigenvalue weighted by molar-refractivity contribution is -0.0826. The zero-order chi connectivity index (χ0) is 14.3. The fraction of sp³-hybridized carbons (Fsp3) is 0.643. The van der Waals surface area contributed by atoms with Crippen LogP contribution in [0.3, 0.4) is 0 Å². The Labute approximate surface area is 122 Å². The van der Waals surface area contributed by atoms with Gasteiger partial charge in [-0.2, -0.15) is 0 Å². The van der Waals surface area contributed by atoms with Gasteiger partial charge in [-0.1, -0.05) is 0 Å². The summed E-state index contributed by atoms with van der Waals surface area (Å²) in [6.45, 7) is 0.613. The van der Waals surface area contributed by atoms with E-state index >= 15 is 0 Å². The Morgan fingerprint density at radius 2 is 2.35 bits per heavy atom. The van der Waals surface area contributed by atoms with Gasteiger partial charge in [0.05, 0.1) is 17.7 Å². The van der Waals surface area contributed by atoms with Crippen LogP contribution in [0.1, 0.15) is 36.2 Å². The van der Waals surface area contributed by atoms with Gasteiger partial charge in [-0.3, -0.25) is 4.79 Å². The largest absolute Gasteiger partial charge is 0.440 e. The topological polar surface area (TPSA) is 62.9 Å². The van der Waals surface area contributed by atoms with Crippen LogP contribution in [0.4, 0.5) is 0 Å². The minimum atomic E-state index is -0.378. The lowest BCUT2D eigenvalue weighted by Gasteiger charge is -2.42. The maximum absolute atomic E-state index is 12.5. The molecule has 20 heavy (non-hydrogen) atoms. The van der Waals surface area contributed by atoms with Gasteiger partial charge in [-0.25, -0.2) is 0 Å². The fourth-order valence-electron chi connectivity index (χ4n) is 3.49. The van der Waals surface area contributed by atoms with Gasteiger partial charge < -0.3 is 19.2 Å². The van der Waals surface area contributed by atoms with E-state index < -0.39 is 0 Å². The quantitative estimate of drug-likeness (QED) is 0.908. The first-order valence-electron chi connectivity index (χ1n) is 6.85. The summed E-state index contributed by atoms with van der Waals surface area (Å²) in [7, 11) is 1.68. The van der Waals surface area contributed by atoms with Crippen molar-refractivity contribution in [1.29, 1.82) is 0 Å². The van der Waals surface area contributed by atoms with Crippen molar-refractivity contribution < 1.29 is 19.1 Å². The second kappa shape index (κ2) is 5.06. The molecule has 3 rings (SSSR count). The second-order valence-electron chi connectivity index (χ2n) is 5.57. The molecule has 0 aromatic carbocycles. The zero-order valence-corrected chi connectivity index (χ0v) is 12.1. The van der Waals surface area contributed by atoms with Gasteiger partial charge in [-0.05, 0) is 49.4 Å². The van der Waals surface area contributed by atoms with Crippen LogP contribution in [0.25, 0.3) is 0 Å². The predicted molar refractivity (Wildman–Crippen MR) is 72.8 cm³/mol. The summed E-state index contributed by atoms with van der Waals surface area (Å²) in [6.07, 6.45) is 2.46. The number of halogens is 1. The molecule has 0 spiro atoms. The molecular formula is C14H18ClNO4. The zero-order valence-electron chi connectivity index (χ0n) is 11.3. The highest BCUT2D eigenvalue weighted by Crippen LogP contribution is 2.43. The number of rotatable bonds is 2. The molecule has 3 atom stereocenters. The van der Waals surface area contributed by atoms with E-state index in [0.717, 1.165) is 19.3 Å². The second-order valence-corrected chi connectivity index (χ2v) is 5.94. The molecule has 1 aliphatic heterocycles. The number of furan rings is 1. The molecule has 2 aliphatic rings. The standard InChI is InChI=1S/C14H18ClNO4/c1-19-14-5-4-9(17)8-11(14)16(7-6-14)13(18)10-2-3-12(15)20-10/h2-3,9,11,17H,4-8H2,1H3/t9-,11+,14-/m1/s1. The molecular weight excluding hydrogens is 282 g/mol. The van der Waals surface area contributed by atoms with Crippen molar-refractivity contribution in [3.05, 3.63) is 23.1 Å². The lowest BCUT2D eigenvalue weighted by Crippen LogP contribution is -2.52. The number of methoxy groups -OCH3 is 1. The summed E-state index contributed by atoms with van der Waals surface area (Å²) in [5.41, 5.74) is -0.328. The molecule has 5 nitrogen and oxygen atoms in total. The molecule has 1 aromatic rings.